The number of hydrogen-bond donors (Lipinski definition) is 2. The predicted molar refractivity (Wildman–Crippen MR) is 483 cm³/mol. The third-order valence-corrected chi connectivity index (χ3v) is 28.6. The highest BCUT2D eigenvalue weighted by atomic mass is 35.5. The van der Waals surface area contributed by atoms with Gasteiger partial charge in [-0.1, -0.05) is 90.2 Å². The number of methoxy groups -OCH3 is 3. The Morgan fingerprint density at radius 1 is 0.395 bits per heavy atom. The quantitative estimate of drug-likeness (QED) is 0.0158. The Bertz CT molecular complexity index is 5250. The lowest BCUT2D eigenvalue weighted by Gasteiger charge is -2.23. The van der Waals surface area contributed by atoms with Crippen LogP contribution in [0.3, 0.4) is 0 Å². The summed E-state index contributed by atoms with van der Waals surface area (Å²) in [6.07, 6.45) is 12.7. The van der Waals surface area contributed by atoms with E-state index in [0.717, 1.165) is 81.1 Å². The first-order chi connectivity index (χ1) is 59.3. The van der Waals surface area contributed by atoms with E-state index in [9.17, 15) is 19.2 Å². The second-order valence-electron chi connectivity index (χ2n) is 35.7. The zero-order valence-electron chi connectivity index (χ0n) is 74.4. The standard InChI is InChI=1S/C25H35N7O5Si.C19H31ClN4O5Si.C19H33N5O5Si.C16H26ClN5O3Si/c1-34-11-12-37-24-21-23(28-22(29-24)19-15-27-31-8-7-26-16-20(19)31)32(18-5-9-35-10-6-18)25(33)30(21)17-36-13-14-38(2,3)4;2*1-26-9-10-29-17-15-16(21-18(20)22-17)24(14-5-7-27-8-6-14)19(25)23(15)13-28-11-12-30(2,3)4;1-26(2,3)9-8-25-10-21-12-13(17)19-15(18)20-14(12)22(16(21)23)11-4-6-24-7-5-11/h7-8,15-16,18H,5-6,9-14,17H2,1-4H3;14H,5-13H2,1-4H3;14H,5-13H2,1-4H3,(H2,20,21,22);11H,4-10H2,1-3H3,(H2,18,19,20). The van der Waals surface area contributed by atoms with Crippen molar-refractivity contribution in [3.63, 3.8) is 0 Å². The summed E-state index contributed by atoms with van der Waals surface area (Å²) in [5.74, 6) is 1.37. The third-order valence-electron chi connectivity index (χ3n) is 21.3. The number of ether oxygens (including phenoxy) is 14. The number of nitrogen functional groups attached to an aromatic ring is 2. The zero-order chi connectivity index (χ0) is 89.0. The first-order valence-corrected chi connectivity index (χ1v) is 58.0. The van der Waals surface area contributed by atoms with E-state index in [2.05, 4.69) is 119 Å². The summed E-state index contributed by atoms with van der Waals surface area (Å²) in [4.78, 5) is 93.3. The van der Waals surface area contributed by atoms with Crippen molar-refractivity contribution in [2.45, 2.75) is 205 Å². The van der Waals surface area contributed by atoms with E-state index >= 15 is 0 Å². The molecular weight excluding hydrogens is 1710 g/mol. The molecule has 124 heavy (non-hydrogen) atoms. The average molecular weight is 1840 g/mol. The van der Waals surface area contributed by atoms with Crippen molar-refractivity contribution in [2.75, 3.05) is 152 Å². The highest BCUT2D eigenvalue weighted by Gasteiger charge is 2.34. The van der Waals surface area contributed by atoms with Gasteiger partial charge in [0.1, 0.15) is 52.3 Å². The number of imidazole rings is 4. The average Bonchev–Trinajstić information content (AvgIpc) is 1.59. The van der Waals surface area contributed by atoms with Gasteiger partial charge in [-0.05, 0) is 87.1 Å². The number of halogens is 2. The molecule has 4 aliphatic rings. The molecule has 0 aliphatic carbocycles. The van der Waals surface area contributed by atoms with Gasteiger partial charge in [0.15, 0.2) is 50.1 Å². The summed E-state index contributed by atoms with van der Waals surface area (Å²) in [5.41, 5.74) is 16.3. The van der Waals surface area contributed by atoms with E-state index in [1.807, 2.05) is 0 Å². The van der Waals surface area contributed by atoms with Crippen LogP contribution in [-0.4, -0.2) is 264 Å². The number of nitrogens with zero attached hydrogens (tertiary/aromatic N) is 19. The summed E-state index contributed by atoms with van der Waals surface area (Å²) >= 11 is 12.5. The third kappa shape index (κ3) is 25.5. The molecule has 0 atom stereocenters. The van der Waals surface area contributed by atoms with Crippen LogP contribution >= 0.6 is 23.2 Å². The molecule has 39 nitrogen and oxygen atoms in total. The molecule has 684 valence electrons. The Kier molecular flexibility index (Phi) is 34.8. The molecule has 4 fully saturated rings. The summed E-state index contributed by atoms with van der Waals surface area (Å²) < 4.78 is 93.3. The Morgan fingerprint density at radius 3 is 1.08 bits per heavy atom. The van der Waals surface area contributed by atoms with Crippen LogP contribution in [-0.2, 0) is 79.0 Å². The fourth-order valence-corrected chi connectivity index (χ4v) is 17.8. The van der Waals surface area contributed by atoms with Crippen molar-refractivity contribution in [3.05, 3.63) is 77.2 Å². The van der Waals surface area contributed by atoms with Gasteiger partial charge in [0.2, 0.25) is 34.8 Å². The molecule has 10 aromatic rings. The highest BCUT2D eigenvalue weighted by molar-refractivity contribution is 6.77. The summed E-state index contributed by atoms with van der Waals surface area (Å²) in [7, 11) is -0.161. The van der Waals surface area contributed by atoms with Gasteiger partial charge in [0.25, 0.3) is 0 Å². The first kappa shape index (κ1) is 96.7. The topological polar surface area (TPSA) is 422 Å². The van der Waals surface area contributed by atoms with Crippen molar-refractivity contribution in [2.24, 2.45) is 0 Å². The van der Waals surface area contributed by atoms with E-state index < -0.39 is 32.3 Å². The molecule has 0 aromatic carbocycles. The van der Waals surface area contributed by atoms with Crippen LogP contribution in [0.15, 0.2) is 44.0 Å². The Morgan fingerprint density at radius 2 is 0.718 bits per heavy atom. The molecule has 0 unspecified atom stereocenters. The monoisotopic (exact) mass is 1840 g/mol. The minimum atomic E-state index is -1.29. The molecule has 0 bridgehead atoms. The number of fused-ring (bicyclic) bond motifs is 5. The number of rotatable bonds is 37. The van der Waals surface area contributed by atoms with Gasteiger partial charge < -0.3 is 77.8 Å². The summed E-state index contributed by atoms with van der Waals surface area (Å²) in [6.45, 7) is 37.2. The van der Waals surface area contributed by atoms with Gasteiger partial charge in [-0.3, -0.25) is 41.5 Å². The predicted octanol–water partition coefficient (Wildman–Crippen LogP) is 10.3. The number of hydrogen-bond acceptors (Lipinski definition) is 30. The van der Waals surface area contributed by atoms with Gasteiger partial charge in [0.05, 0.1) is 43.3 Å². The normalized spacial score (nSPS) is 15.7. The molecular formula is C79H125Cl2N21O18Si4. The fourth-order valence-electron chi connectivity index (χ4n) is 14.4. The molecule has 14 heterocycles. The molecule has 4 aliphatic heterocycles. The largest absolute Gasteiger partial charge is 0.474 e. The van der Waals surface area contributed by atoms with E-state index in [-0.39, 0.29) is 128 Å². The fraction of sp³-hybridized carbons (Fsp3) is 0.671. The van der Waals surface area contributed by atoms with E-state index in [1.165, 1.54) is 4.57 Å². The van der Waals surface area contributed by atoms with Crippen molar-refractivity contribution in [1.29, 1.82) is 0 Å². The van der Waals surface area contributed by atoms with Crippen LogP contribution in [0.25, 0.3) is 61.6 Å². The van der Waals surface area contributed by atoms with Crippen molar-refractivity contribution >= 4 is 118 Å². The van der Waals surface area contributed by atoms with Gasteiger partial charge in [-0.25, -0.2) is 28.7 Å². The maximum Gasteiger partial charge on any atom is 0.332 e. The molecule has 4 N–H and O–H groups in total. The van der Waals surface area contributed by atoms with Crippen LogP contribution in [0.4, 0.5) is 11.9 Å². The van der Waals surface area contributed by atoms with E-state index in [0.29, 0.717) is 161 Å². The number of aromatic nitrogens is 19. The minimum Gasteiger partial charge on any atom is -0.474 e. The number of nitrogens with two attached hydrogens (primary N) is 2. The molecule has 0 radical (unpaired) electrons. The van der Waals surface area contributed by atoms with Gasteiger partial charge in [-0.15, -0.1) is 0 Å². The van der Waals surface area contributed by atoms with Crippen LogP contribution < -0.4 is 48.4 Å². The lowest BCUT2D eigenvalue weighted by molar-refractivity contribution is 0.0667. The SMILES string of the molecule is COCCOc1nc(-c2cnn3ccncc23)nc2c1n(COCC[Si](C)(C)C)c(=O)n2C1CCOCC1.COCCOc1nc(Cl)nc2c1n(COCC[Si](C)(C)C)c(=O)n2C1CCOCC1.COCCOc1nc(N)nc2c1n(COCC[Si](C)(C)C)c(=O)n2C1CCOCC1.C[Si](C)(C)CCOCn1c(=O)n(C2CCOCC2)c2nc(N)nc(Cl)c21. The Balaban J connectivity index is 0.000000162. The maximum atomic E-state index is 13.9. The zero-order valence-corrected chi connectivity index (χ0v) is 79.9. The van der Waals surface area contributed by atoms with Gasteiger partial charge >= 0.3 is 22.8 Å². The number of anilines is 2. The molecule has 4 saturated heterocycles. The van der Waals surface area contributed by atoms with Crippen LogP contribution in [0.2, 0.25) is 113 Å². The second kappa shape index (κ2) is 44.6. The van der Waals surface area contributed by atoms with Gasteiger partial charge in [-0.2, -0.15) is 40.0 Å². The summed E-state index contributed by atoms with van der Waals surface area (Å²) in [5, 5.41) is 4.62. The summed E-state index contributed by atoms with van der Waals surface area (Å²) in [6, 6.07) is 3.97. The highest BCUT2D eigenvalue weighted by Crippen LogP contribution is 2.36. The first-order valence-electron chi connectivity index (χ1n) is 42.5. The molecule has 0 spiro atoms. The van der Waals surface area contributed by atoms with Crippen LogP contribution in [0.5, 0.6) is 17.6 Å². The Hall–Kier alpha value is -7.97. The maximum absolute atomic E-state index is 13.9. The lowest BCUT2D eigenvalue weighted by atomic mass is 10.1. The van der Waals surface area contributed by atoms with Crippen LogP contribution in [0.1, 0.15) is 75.5 Å². The van der Waals surface area contributed by atoms with Gasteiger partial charge in [0, 0.05) is 169 Å². The Labute approximate surface area is 733 Å². The van der Waals surface area contributed by atoms with Crippen molar-refractivity contribution in [1.82, 2.24) is 91.0 Å². The minimum absolute atomic E-state index is 0.00680. The molecule has 0 amide bonds. The van der Waals surface area contributed by atoms with Crippen molar-refractivity contribution in [3.8, 4) is 29.0 Å². The van der Waals surface area contributed by atoms with E-state index in [1.54, 1.807) is 82.6 Å². The molecule has 14 rings (SSSR count). The molecule has 45 heteroatoms. The smallest absolute Gasteiger partial charge is 0.332 e. The van der Waals surface area contributed by atoms with E-state index in [4.69, 9.17) is 111 Å². The molecule has 0 saturated carbocycles. The second-order valence-corrected chi connectivity index (χ2v) is 58.9. The lowest BCUT2D eigenvalue weighted by Crippen LogP contribution is -2.31. The van der Waals surface area contributed by atoms with Crippen molar-refractivity contribution < 1.29 is 66.3 Å². The molecule has 10 aromatic heterocycles. The van der Waals surface area contributed by atoms with Crippen LogP contribution in [0, 0.1) is 0 Å².